The second-order valence-corrected chi connectivity index (χ2v) is 7.90. The van der Waals surface area contributed by atoms with Crippen LogP contribution in [0.25, 0.3) is 0 Å². The van der Waals surface area contributed by atoms with Gasteiger partial charge in [0.2, 0.25) is 10.0 Å². The van der Waals surface area contributed by atoms with Crippen molar-refractivity contribution in [1.29, 1.82) is 0 Å². The van der Waals surface area contributed by atoms with Crippen molar-refractivity contribution in [2.45, 2.75) is 31.7 Å². The number of anilines is 2. The lowest BCUT2D eigenvalue weighted by atomic mass is 10.1. The van der Waals surface area contributed by atoms with Crippen LogP contribution in [0.5, 0.6) is 0 Å². The van der Waals surface area contributed by atoms with Crippen LogP contribution in [0.2, 0.25) is 0 Å². The maximum atomic E-state index is 11.6. The van der Waals surface area contributed by atoms with Gasteiger partial charge in [0.05, 0.1) is 10.9 Å². The van der Waals surface area contributed by atoms with Gasteiger partial charge in [-0.3, -0.25) is 0 Å². The molecule has 0 aliphatic carbocycles. The van der Waals surface area contributed by atoms with Crippen molar-refractivity contribution in [2.75, 3.05) is 11.1 Å². The molecular weight excluding hydrogens is 306 g/mol. The topological polar surface area (TPSA) is 98.2 Å². The number of benzene rings is 1. The van der Waals surface area contributed by atoms with Crippen LogP contribution in [0.15, 0.2) is 29.2 Å². The molecule has 0 fully saturated rings. The van der Waals surface area contributed by atoms with Gasteiger partial charge in [0.15, 0.2) is 0 Å². The molecule has 1 heterocycles. The minimum atomic E-state index is -3.79. The lowest BCUT2D eigenvalue weighted by molar-refractivity contribution is 0.597. The van der Waals surface area contributed by atoms with Gasteiger partial charge in [0.25, 0.3) is 0 Å². The highest BCUT2D eigenvalue weighted by Crippen LogP contribution is 2.31. The van der Waals surface area contributed by atoms with Crippen molar-refractivity contribution in [3.63, 3.8) is 0 Å². The summed E-state index contributed by atoms with van der Waals surface area (Å²) in [5.74, 6) is 0. The molecule has 0 amide bonds. The van der Waals surface area contributed by atoms with Crippen LogP contribution in [0, 0.1) is 13.8 Å². The molecule has 7 heteroatoms. The van der Waals surface area contributed by atoms with E-state index in [9.17, 15) is 8.42 Å². The van der Waals surface area contributed by atoms with E-state index in [2.05, 4.69) is 17.4 Å². The number of hydrogen-bond acceptors (Lipinski definition) is 5. The maximum absolute atomic E-state index is 11.6. The molecule has 2 aromatic rings. The largest absolute Gasteiger partial charge is 0.399 e. The van der Waals surface area contributed by atoms with Gasteiger partial charge >= 0.3 is 0 Å². The van der Waals surface area contributed by atoms with E-state index in [1.54, 1.807) is 24.3 Å². The maximum Gasteiger partial charge on any atom is 0.238 e. The third-order valence-electron chi connectivity index (χ3n) is 3.25. The predicted octanol–water partition coefficient (Wildman–Crippen LogP) is 2.77. The minimum Gasteiger partial charge on any atom is -0.399 e. The molecule has 0 spiro atoms. The minimum absolute atomic E-state index is 0.0533. The Bertz CT molecular complexity index is 767. The van der Waals surface area contributed by atoms with Crippen molar-refractivity contribution >= 4 is 32.7 Å². The number of sulfonamides is 1. The van der Waals surface area contributed by atoms with Gasteiger partial charge in [-0.15, -0.1) is 11.3 Å². The number of primary sulfonamides is 1. The average molecular weight is 325 g/mol. The molecule has 0 saturated carbocycles. The van der Waals surface area contributed by atoms with E-state index >= 15 is 0 Å². The normalized spacial score (nSPS) is 13.1. The quantitative estimate of drug-likeness (QED) is 0.753. The van der Waals surface area contributed by atoms with Crippen LogP contribution >= 0.6 is 11.3 Å². The monoisotopic (exact) mass is 325 g/mol. The molecule has 1 aromatic heterocycles. The number of nitrogens with two attached hydrogens (primary N) is 2. The van der Waals surface area contributed by atoms with Crippen LogP contribution in [-0.4, -0.2) is 8.42 Å². The fourth-order valence-corrected chi connectivity index (χ4v) is 3.86. The van der Waals surface area contributed by atoms with Crippen LogP contribution in [0.4, 0.5) is 11.4 Å². The van der Waals surface area contributed by atoms with Crippen molar-refractivity contribution in [3.8, 4) is 0 Å². The molecule has 1 unspecified atom stereocenters. The lowest BCUT2D eigenvalue weighted by Crippen LogP contribution is -2.16. The molecule has 21 heavy (non-hydrogen) atoms. The first-order chi connectivity index (χ1) is 9.68. The SMILES string of the molecule is Cc1ccc(C(C)Nc2cc(N)cc(S(N)(=O)=O)c2C)s1. The Balaban J connectivity index is 2.39. The molecule has 114 valence electrons. The first kappa shape index (κ1) is 15.8. The standard InChI is InChI=1S/C14H19N3O2S2/c1-8-4-5-13(20-8)10(3)17-12-6-11(15)7-14(9(12)2)21(16,18)19/h4-7,10,17H,15H2,1-3H3,(H2,16,18,19). The zero-order valence-corrected chi connectivity index (χ0v) is 13.8. The number of nitrogens with one attached hydrogen (secondary N) is 1. The molecule has 0 aliphatic heterocycles. The summed E-state index contributed by atoms with van der Waals surface area (Å²) in [6.45, 7) is 5.78. The Kier molecular flexibility index (Phi) is 4.27. The summed E-state index contributed by atoms with van der Waals surface area (Å²) in [5, 5.41) is 8.54. The molecule has 2 rings (SSSR count). The third kappa shape index (κ3) is 3.55. The third-order valence-corrected chi connectivity index (χ3v) is 5.47. The summed E-state index contributed by atoms with van der Waals surface area (Å²) in [6, 6.07) is 7.27. The van der Waals surface area contributed by atoms with E-state index in [0.29, 0.717) is 16.9 Å². The molecule has 0 aliphatic rings. The summed E-state index contributed by atoms with van der Waals surface area (Å²) in [4.78, 5) is 2.46. The van der Waals surface area contributed by atoms with Crippen molar-refractivity contribution in [3.05, 3.63) is 39.6 Å². The Morgan fingerprint density at radius 1 is 1.24 bits per heavy atom. The molecule has 1 atom stereocenters. The number of nitrogen functional groups attached to an aromatic ring is 1. The van der Waals surface area contributed by atoms with E-state index in [4.69, 9.17) is 10.9 Å². The van der Waals surface area contributed by atoms with Gasteiger partial charge < -0.3 is 11.1 Å². The van der Waals surface area contributed by atoms with E-state index in [1.165, 1.54) is 15.8 Å². The number of aryl methyl sites for hydroxylation is 1. The Morgan fingerprint density at radius 2 is 1.90 bits per heavy atom. The second kappa shape index (κ2) is 5.67. The Labute approximate surface area is 129 Å². The lowest BCUT2D eigenvalue weighted by Gasteiger charge is -2.18. The van der Waals surface area contributed by atoms with E-state index in [-0.39, 0.29) is 10.9 Å². The molecule has 0 radical (unpaired) electrons. The van der Waals surface area contributed by atoms with Gasteiger partial charge in [-0.05, 0) is 50.6 Å². The molecule has 1 aromatic carbocycles. The fourth-order valence-electron chi connectivity index (χ4n) is 2.14. The van der Waals surface area contributed by atoms with Crippen LogP contribution in [0.3, 0.4) is 0 Å². The van der Waals surface area contributed by atoms with Crippen molar-refractivity contribution < 1.29 is 8.42 Å². The van der Waals surface area contributed by atoms with Crippen LogP contribution in [0.1, 0.15) is 28.3 Å². The summed E-state index contributed by atoms with van der Waals surface area (Å²) in [7, 11) is -3.79. The van der Waals surface area contributed by atoms with Crippen molar-refractivity contribution in [1.82, 2.24) is 0 Å². The highest BCUT2D eigenvalue weighted by molar-refractivity contribution is 7.89. The molecule has 0 bridgehead atoms. The predicted molar refractivity (Wildman–Crippen MR) is 88.1 cm³/mol. The van der Waals surface area contributed by atoms with Gasteiger partial charge in [0, 0.05) is 21.1 Å². The summed E-state index contributed by atoms with van der Waals surface area (Å²) >= 11 is 1.70. The number of hydrogen-bond donors (Lipinski definition) is 3. The average Bonchev–Trinajstić information content (AvgIpc) is 2.78. The van der Waals surface area contributed by atoms with Gasteiger partial charge in [-0.1, -0.05) is 0 Å². The first-order valence-electron chi connectivity index (χ1n) is 6.44. The zero-order valence-electron chi connectivity index (χ0n) is 12.2. The molecule has 5 nitrogen and oxygen atoms in total. The first-order valence-corrected chi connectivity index (χ1v) is 8.80. The summed E-state index contributed by atoms with van der Waals surface area (Å²) in [6.07, 6.45) is 0. The highest BCUT2D eigenvalue weighted by Gasteiger charge is 2.17. The van der Waals surface area contributed by atoms with Gasteiger partial charge in [-0.2, -0.15) is 0 Å². The highest BCUT2D eigenvalue weighted by atomic mass is 32.2. The smallest absolute Gasteiger partial charge is 0.238 e. The number of rotatable bonds is 4. The van der Waals surface area contributed by atoms with Gasteiger partial charge in [-0.25, -0.2) is 13.6 Å². The zero-order chi connectivity index (χ0) is 15.8. The molecule has 5 N–H and O–H groups in total. The Morgan fingerprint density at radius 3 is 2.43 bits per heavy atom. The summed E-state index contributed by atoms with van der Waals surface area (Å²) < 4.78 is 23.2. The number of thiophene rings is 1. The fraction of sp³-hybridized carbons (Fsp3) is 0.286. The second-order valence-electron chi connectivity index (χ2n) is 5.05. The molecular formula is C14H19N3O2S2. The van der Waals surface area contributed by atoms with E-state index < -0.39 is 10.0 Å². The van der Waals surface area contributed by atoms with Crippen molar-refractivity contribution in [2.24, 2.45) is 5.14 Å². The molecule has 0 saturated heterocycles. The van der Waals surface area contributed by atoms with Crippen LogP contribution in [-0.2, 0) is 10.0 Å². The Hall–Kier alpha value is -1.57. The van der Waals surface area contributed by atoms with Crippen LogP contribution < -0.4 is 16.2 Å². The van der Waals surface area contributed by atoms with Gasteiger partial charge in [0.1, 0.15) is 0 Å². The summed E-state index contributed by atoms with van der Waals surface area (Å²) in [5.41, 5.74) is 7.40. The van der Waals surface area contributed by atoms with E-state index in [0.717, 1.165) is 0 Å². The van der Waals surface area contributed by atoms with E-state index in [1.807, 2.05) is 13.8 Å².